The SMILES string of the molecule is Cn1ncc(C(=O)O)c1C(C)(C)F. The van der Waals surface area contributed by atoms with E-state index in [4.69, 9.17) is 5.11 Å². The van der Waals surface area contributed by atoms with E-state index in [9.17, 15) is 9.18 Å². The molecule has 0 spiro atoms. The molecule has 1 rings (SSSR count). The molecule has 0 atom stereocenters. The van der Waals surface area contributed by atoms with Crippen LogP contribution >= 0.6 is 0 Å². The number of aromatic nitrogens is 2. The van der Waals surface area contributed by atoms with E-state index in [1.807, 2.05) is 0 Å². The number of carboxylic acid groups (broad SMARTS) is 1. The number of carboxylic acids is 1. The van der Waals surface area contributed by atoms with Gasteiger partial charge in [-0.05, 0) is 13.8 Å². The maximum absolute atomic E-state index is 13.5. The van der Waals surface area contributed by atoms with Gasteiger partial charge in [0.05, 0.1) is 11.9 Å². The second kappa shape index (κ2) is 2.83. The standard InChI is InChI=1S/C8H11FN2O2/c1-8(2,9)6-5(7(12)13)4-10-11(6)3/h4H,1-3H3,(H,12,13). The molecule has 0 saturated heterocycles. The third-order valence-corrected chi connectivity index (χ3v) is 1.73. The molecule has 0 amide bonds. The number of halogens is 1. The average Bonchev–Trinajstić information content (AvgIpc) is 2.28. The molecule has 0 unspecified atom stereocenters. The van der Waals surface area contributed by atoms with E-state index in [0.717, 1.165) is 6.20 Å². The van der Waals surface area contributed by atoms with Crippen LogP contribution in [0.5, 0.6) is 0 Å². The number of aromatic carboxylic acids is 1. The van der Waals surface area contributed by atoms with Crippen LogP contribution in [0.25, 0.3) is 0 Å². The third-order valence-electron chi connectivity index (χ3n) is 1.73. The summed E-state index contributed by atoms with van der Waals surface area (Å²) in [5.74, 6) is -1.16. The van der Waals surface area contributed by atoms with Gasteiger partial charge in [-0.2, -0.15) is 5.10 Å². The Morgan fingerprint density at radius 3 is 2.54 bits per heavy atom. The van der Waals surface area contributed by atoms with E-state index in [1.165, 1.54) is 25.6 Å². The summed E-state index contributed by atoms with van der Waals surface area (Å²) in [6.07, 6.45) is 1.15. The van der Waals surface area contributed by atoms with Crippen molar-refractivity contribution in [3.05, 3.63) is 17.5 Å². The zero-order chi connectivity index (χ0) is 10.2. The van der Waals surface area contributed by atoms with E-state index in [0.29, 0.717) is 0 Å². The molecule has 1 N–H and O–H groups in total. The quantitative estimate of drug-likeness (QED) is 0.757. The highest BCUT2D eigenvalue weighted by atomic mass is 19.1. The van der Waals surface area contributed by atoms with Gasteiger partial charge in [-0.25, -0.2) is 9.18 Å². The Balaban J connectivity index is 3.33. The highest BCUT2D eigenvalue weighted by Gasteiger charge is 2.29. The van der Waals surface area contributed by atoms with Crippen LogP contribution in [0.3, 0.4) is 0 Å². The van der Waals surface area contributed by atoms with Gasteiger partial charge in [0.25, 0.3) is 0 Å². The molecule has 0 fully saturated rings. The van der Waals surface area contributed by atoms with Gasteiger partial charge < -0.3 is 5.11 Å². The summed E-state index contributed by atoms with van der Waals surface area (Å²) in [6, 6.07) is 0. The van der Waals surface area contributed by atoms with E-state index < -0.39 is 11.6 Å². The Labute approximate surface area is 75.0 Å². The molecule has 0 aromatic carbocycles. The summed E-state index contributed by atoms with van der Waals surface area (Å²) in [5, 5.41) is 12.4. The van der Waals surface area contributed by atoms with Crippen molar-refractivity contribution in [2.24, 2.45) is 7.05 Å². The summed E-state index contributed by atoms with van der Waals surface area (Å²) in [7, 11) is 1.52. The van der Waals surface area contributed by atoms with Crippen molar-refractivity contribution in [1.82, 2.24) is 9.78 Å². The molecule has 4 nitrogen and oxygen atoms in total. The Morgan fingerprint density at radius 2 is 2.23 bits per heavy atom. The van der Waals surface area contributed by atoms with Crippen LogP contribution in [-0.2, 0) is 12.7 Å². The van der Waals surface area contributed by atoms with Crippen LogP contribution in [0.2, 0.25) is 0 Å². The lowest BCUT2D eigenvalue weighted by Gasteiger charge is -2.15. The first-order chi connectivity index (χ1) is 5.84. The molecule has 72 valence electrons. The van der Waals surface area contributed by atoms with Crippen molar-refractivity contribution < 1.29 is 14.3 Å². The first-order valence-electron chi connectivity index (χ1n) is 3.78. The number of nitrogens with zero attached hydrogens (tertiary/aromatic N) is 2. The topological polar surface area (TPSA) is 55.1 Å². The molecular weight excluding hydrogens is 175 g/mol. The van der Waals surface area contributed by atoms with Gasteiger partial charge in [-0.15, -0.1) is 0 Å². The number of hydrogen-bond acceptors (Lipinski definition) is 2. The summed E-state index contributed by atoms with van der Waals surface area (Å²) >= 11 is 0. The van der Waals surface area contributed by atoms with Gasteiger partial charge in [0.15, 0.2) is 0 Å². The molecule has 0 saturated carbocycles. The zero-order valence-electron chi connectivity index (χ0n) is 7.71. The van der Waals surface area contributed by atoms with E-state index in [-0.39, 0.29) is 11.3 Å². The first kappa shape index (κ1) is 9.70. The van der Waals surface area contributed by atoms with Gasteiger partial charge in [0.1, 0.15) is 11.2 Å². The molecule has 0 bridgehead atoms. The highest BCUT2D eigenvalue weighted by molar-refractivity contribution is 5.88. The minimum absolute atomic E-state index is 0.0833. The maximum Gasteiger partial charge on any atom is 0.339 e. The van der Waals surface area contributed by atoms with Crippen molar-refractivity contribution >= 4 is 5.97 Å². The fourth-order valence-corrected chi connectivity index (χ4v) is 1.30. The van der Waals surface area contributed by atoms with Crippen LogP contribution in [-0.4, -0.2) is 20.9 Å². The molecule has 13 heavy (non-hydrogen) atoms. The van der Waals surface area contributed by atoms with Crippen molar-refractivity contribution in [1.29, 1.82) is 0 Å². The highest BCUT2D eigenvalue weighted by Crippen LogP contribution is 2.26. The molecule has 0 radical (unpaired) electrons. The molecular formula is C8H11FN2O2. The minimum atomic E-state index is -1.70. The number of carbonyl (C=O) groups is 1. The number of rotatable bonds is 2. The normalized spacial score (nSPS) is 11.7. The van der Waals surface area contributed by atoms with Gasteiger partial charge in [0, 0.05) is 7.05 Å². The third kappa shape index (κ3) is 1.68. The van der Waals surface area contributed by atoms with Crippen molar-refractivity contribution in [2.75, 3.05) is 0 Å². The molecule has 1 aromatic rings. The van der Waals surface area contributed by atoms with Gasteiger partial charge in [-0.1, -0.05) is 0 Å². The smallest absolute Gasteiger partial charge is 0.339 e. The molecule has 0 aliphatic carbocycles. The molecule has 5 heteroatoms. The second-order valence-electron chi connectivity index (χ2n) is 3.31. The monoisotopic (exact) mass is 186 g/mol. The largest absolute Gasteiger partial charge is 0.478 e. The molecule has 1 heterocycles. The fraction of sp³-hybridized carbons (Fsp3) is 0.500. The Hall–Kier alpha value is -1.39. The predicted octanol–water partition coefficient (Wildman–Crippen LogP) is 1.32. The van der Waals surface area contributed by atoms with Crippen LogP contribution in [0.4, 0.5) is 4.39 Å². The zero-order valence-corrected chi connectivity index (χ0v) is 7.71. The van der Waals surface area contributed by atoms with Crippen LogP contribution < -0.4 is 0 Å². The Kier molecular flexibility index (Phi) is 2.11. The molecule has 1 aromatic heterocycles. The van der Waals surface area contributed by atoms with E-state index >= 15 is 0 Å². The molecule has 0 aliphatic rings. The van der Waals surface area contributed by atoms with Crippen LogP contribution in [0, 0.1) is 0 Å². The predicted molar refractivity (Wildman–Crippen MR) is 44.3 cm³/mol. The van der Waals surface area contributed by atoms with Gasteiger partial charge in [-0.3, -0.25) is 4.68 Å². The van der Waals surface area contributed by atoms with E-state index in [2.05, 4.69) is 5.10 Å². The fourth-order valence-electron chi connectivity index (χ4n) is 1.30. The van der Waals surface area contributed by atoms with Crippen molar-refractivity contribution in [3.8, 4) is 0 Å². The number of hydrogen-bond donors (Lipinski definition) is 1. The lowest BCUT2D eigenvalue weighted by atomic mass is 10.0. The lowest BCUT2D eigenvalue weighted by molar-refractivity contribution is 0.0688. The van der Waals surface area contributed by atoms with Crippen molar-refractivity contribution in [2.45, 2.75) is 19.5 Å². The summed E-state index contributed by atoms with van der Waals surface area (Å²) in [5.41, 5.74) is -1.70. The first-order valence-corrected chi connectivity index (χ1v) is 3.78. The summed E-state index contributed by atoms with van der Waals surface area (Å²) < 4.78 is 14.8. The number of aryl methyl sites for hydroxylation is 1. The van der Waals surface area contributed by atoms with Crippen LogP contribution in [0.1, 0.15) is 29.9 Å². The lowest BCUT2D eigenvalue weighted by Crippen LogP contribution is -2.18. The van der Waals surface area contributed by atoms with E-state index in [1.54, 1.807) is 0 Å². The van der Waals surface area contributed by atoms with Gasteiger partial charge in [0.2, 0.25) is 0 Å². The number of alkyl halides is 1. The minimum Gasteiger partial charge on any atom is -0.478 e. The summed E-state index contributed by atoms with van der Waals surface area (Å²) in [4.78, 5) is 10.7. The molecule has 0 aliphatic heterocycles. The van der Waals surface area contributed by atoms with Crippen molar-refractivity contribution in [3.63, 3.8) is 0 Å². The maximum atomic E-state index is 13.5. The Bertz CT molecular complexity index is 338. The summed E-state index contributed by atoms with van der Waals surface area (Å²) in [6.45, 7) is 2.60. The van der Waals surface area contributed by atoms with Crippen LogP contribution in [0.15, 0.2) is 6.20 Å². The Morgan fingerprint density at radius 1 is 1.69 bits per heavy atom. The van der Waals surface area contributed by atoms with Gasteiger partial charge >= 0.3 is 5.97 Å². The average molecular weight is 186 g/mol. The second-order valence-corrected chi connectivity index (χ2v) is 3.31.